The molecule has 0 aliphatic carbocycles. The maximum Gasteiger partial charge on any atom is 0.166 e. The van der Waals surface area contributed by atoms with Crippen LogP contribution in [0, 0.1) is 0 Å². The molecule has 2 heterocycles. The molecular weight excluding hydrogens is 415 g/mol. The molecule has 0 fully saturated rings. The number of pyridine rings is 1. The Morgan fingerprint density at radius 2 is 1.83 bits per heavy atom. The van der Waals surface area contributed by atoms with E-state index < -0.39 is 12.3 Å². The van der Waals surface area contributed by atoms with Crippen molar-refractivity contribution < 1.29 is 15.0 Å². The summed E-state index contributed by atoms with van der Waals surface area (Å²) in [6, 6.07) is 11.9. The average Bonchev–Trinajstić information content (AvgIpc) is 3.18. The van der Waals surface area contributed by atoms with Gasteiger partial charge in [-0.05, 0) is 55.6 Å². The molecule has 0 radical (unpaired) electrons. The van der Waals surface area contributed by atoms with Gasteiger partial charge in [0.05, 0.1) is 5.69 Å². The first kappa shape index (κ1) is 24.8. The van der Waals surface area contributed by atoms with Crippen molar-refractivity contribution in [2.24, 2.45) is 5.73 Å². The molecule has 0 aliphatic rings. The van der Waals surface area contributed by atoms with Crippen molar-refractivity contribution in [1.29, 1.82) is 0 Å². The zero-order valence-electron chi connectivity index (χ0n) is 16.0. The number of aliphatic hydroxyl groups is 2. The molecule has 9 heteroatoms. The Morgan fingerprint density at radius 1 is 1.14 bits per heavy atom. The van der Waals surface area contributed by atoms with E-state index in [1.165, 1.54) is 0 Å². The van der Waals surface area contributed by atoms with Gasteiger partial charge in [0.2, 0.25) is 0 Å². The van der Waals surface area contributed by atoms with E-state index in [2.05, 4.69) is 15.3 Å². The van der Waals surface area contributed by atoms with Crippen LogP contribution in [0.1, 0.15) is 22.2 Å². The highest BCUT2D eigenvalue weighted by atomic mass is 35.5. The SMILES string of the molecule is CNC.NC(O)C(O)c1cccc(Cl)c1.O=Cc1cc(-c2ccnc(Cl)c2)c[nH]1. The van der Waals surface area contributed by atoms with E-state index in [4.69, 9.17) is 34.0 Å². The molecule has 0 spiro atoms. The largest absolute Gasteiger partial charge is 0.384 e. The van der Waals surface area contributed by atoms with Gasteiger partial charge in [-0.3, -0.25) is 4.79 Å². The van der Waals surface area contributed by atoms with E-state index in [1.807, 2.05) is 20.2 Å². The number of hydrogen-bond donors (Lipinski definition) is 5. The fourth-order valence-electron chi connectivity index (χ4n) is 2.12. The number of hydrogen-bond acceptors (Lipinski definition) is 6. The van der Waals surface area contributed by atoms with Crippen molar-refractivity contribution in [3.63, 3.8) is 0 Å². The number of carbonyl (C=O) groups is 1. The van der Waals surface area contributed by atoms with Crippen LogP contribution in [0.4, 0.5) is 0 Å². The summed E-state index contributed by atoms with van der Waals surface area (Å²) in [5.41, 5.74) is 8.01. The van der Waals surface area contributed by atoms with Gasteiger partial charge in [0.25, 0.3) is 0 Å². The third-order valence-electron chi connectivity index (χ3n) is 3.41. The monoisotopic (exact) mass is 438 g/mol. The summed E-state index contributed by atoms with van der Waals surface area (Å²) in [5.74, 6) is 0. The Labute approximate surface area is 179 Å². The van der Waals surface area contributed by atoms with Gasteiger partial charge < -0.3 is 26.2 Å². The van der Waals surface area contributed by atoms with Gasteiger partial charge in [0.1, 0.15) is 17.5 Å². The number of H-pyrrole nitrogens is 1. The summed E-state index contributed by atoms with van der Waals surface area (Å²) in [6.45, 7) is 0. The minimum absolute atomic E-state index is 0.441. The molecule has 1 aromatic carbocycles. The summed E-state index contributed by atoms with van der Waals surface area (Å²) in [5, 5.41) is 21.8. The third-order valence-corrected chi connectivity index (χ3v) is 3.85. The van der Waals surface area contributed by atoms with E-state index in [-0.39, 0.29) is 0 Å². The van der Waals surface area contributed by atoms with Crippen LogP contribution in [0.25, 0.3) is 11.1 Å². The first-order valence-electron chi connectivity index (χ1n) is 8.53. The molecule has 2 aromatic heterocycles. The van der Waals surface area contributed by atoms with Gasteiger partial charge in [0, 0.05) is 23.0 Å². The summed E-state index contributed by atoms with van der Waals surface area (Å²) < 4.78 is 0. The van der Waals surface area contributed by atoms with Gasteiger partial charge in [0.15, 0.2) is 6.29 Å². The van der Waals surface area contributed by atoms with E-state index in [0.717, 1.165) is 17.4 Å². The lowest BCUT2D eigenvalue weighted by Gasteiger charge is -2.13. The lowest BCUT2D eigenvalue weighted by molar-refractivity contribution is 0.0228. The maximum absolute atomic E-state index is 10.4. The zero-order valence-corrected chi connectivity index (χ0v) is 17.5. The predicted octanol–water partition coefficient (Wildman–Crippen LogP) is 3.03. The van der Waals surface area contributed by atoms with Crippen LogP contribution in [-0.2, 0) is 0 Å². The molecule has 0 aliphatic heterocycles. The van der Waals surface area contributed by atoms with Crippen LogP contribution in [0.3, 0.4) is 0 Å². The van der Waals surface area contributed by atoms with Crippen molar-refractivity contribution in [2.45, 2.75) is 12.3 Å². The number of nitrogens with one attached hydrogen (secondary N) is 2. The molecule has 3 aromatic rings. The molecule has 0 saturated carbocycles. The molecule has 2 unspecified atom stereocenters. The number of aromatic amines is 1. The van der Waals surface area contributed by atoms with E-state index in [1.54, 1.807) is 48.8 Å². The molecule has 7 nitrogen and oxygen atoms in total. The minimum Gasteiger partial charge on any atom is -0.384 e. The third kappa shape index (κ3) is 8.74. The van der Waals surface area contributed by atoms with Crippen LogP contribution in [0.5, 0.6) is 0 Å². The quantitative estimate of drug-likeness (QED) is 0.242. The highest BCUT2D eigenvalue weighted by Crippen LogP contribution is 2.21. The molecule has 3 rings (SSSR count). The van der Waals surface area contributed by atoms with Gasteiger partial charge >= 0.3 is 0 Å². The number of aldehydes is 1. The van der Waals surface area contributed by atoms with E-state index in [9.17, 15) is 9.90 Å². The lowest BCUT2D eigenvalue weighted by Crippen LogP contribution is -2.27. The molecule has 6 N–H and O–H groups in total. The fourth-order valence-corrected chi connectivity index (χ4v) is 2.49. The second-order valence-corrected chi connectivity index (χ2v) is 6.64. The second-order valence-electron chi connectivity index (χ2n) is 5.82. The maximum atomic E-state index is 10.4. The Kier molecular flexibility index (Phi) is 11.2. The smallest absolute Gasteiger partial charge is 0.166 e. The first-order valence-corrected chi connectivity index (χ1v) is 9.29. The summed E-state index contributed by atoms with van der Waals surface area (Å²) in [7, 11) is 3.75. The van der Waals surface area contributed by atoms with E-state index in [0.29, 0.717) is 21.4 Å². The molecule has 156 valence electrons. The molecular formula is C20H24Cl2N4O3. The van der Waals surface area contributed by atoms with Crippen LogP contribution in [0.15, 0.2) is 54.9 Å². The number of halogens is 2. The minimum atomic E-state index is -1.27. The highest BCUT2D eigenvalue weighted by molar-refractivity contribution is 6.30. The first-order chi connectivity index (χ1) is 13.8. The summed E-state index contributed by atoms with van der Waals surface area (Å²) in [4.78, 5) is 17.2. The summed E-state index contributed by atoms with van der Waals surface area (Å²) >= 11 is 11.4. The molecule has 2 atom stereocenters. The Hall–Kier alpha value is -2.26. The Balaban J connectivity index is 0.000000259. The van der Waals surface area contributed by atoms with Crippen molar-refractivity contribution >= 4 is 29.5 Å². The van der Waals surface area contributed by atoms with Crippen LogP contribution < -0.4 is 11.1 Å². The van der Waals surface area contributed by atoms with Gasteiger partial charge in [-0.15, -0.1) is 0 Å². The number of benzene rings is 1. The Bertz CT molecular complexity index is 887. The number of rotatable bonds is 4. The molecule has 0 bridgehead atoms. The number of aliphatic hydroxyl groups excluding tert-OH is 2. The van der Waals surface area contributed by atoms with Crippen LogP contribution >= 0.6 is 23.2 Å². The topological polar surface area (TPSA) is 124 Å². The second kappa shape index (κ2) is 13.1. The van der Waals surface area contributed by atoms with Crippen LogP contribution in [0.2, 0.25) is 10.2 Å². The number of nitrogens with two attached hydrogens (primary N) is 1. The van der Waals surface area contributed by atoms with Gasteiger partial charge in [-0.2, -0.15) is 0 Å². The number of aromatic nitrogens is 2. The number of nitrogens with zero attached hydrogens (tertiary/aromatic N) is 1. The molecule has 29 heavy (non-hydrogen) atoms. The lowest BCUT2D eigenvalue weighted by atomic mass is 10.1. The average molecular weight is 439 g/mol. The predicted molar refractivity (Wildman–Crippen MR) is 116 cm³/mol. The zero-order chi connectivity index (χ0) is 21.8. The van der Waals surface area contributed by atoms with Crippen LogP contribution in [-0.4, -0.2) is 46.8 Å². The van der Waals surface area contributed by atoms with Gasteiger partial charge in [-0.25, -0.2) is 4.98 Å². The fraction of sp³-hybridized carbons (Fsp3) is 0.200. The van der Waals surface area contributed by atoms with Crippen molar-refractivity contribution in [3.05, 3.63) is 76.3 Å². The van der Waals surface area contributed by atoms with Gasteiger partial charge in [-0.1, -0.05) is 35.3 Å². The Morgan fingerprint density at radius 3 is 2.34 bits per heavy atom. The van der Waals surface area contributed by atoms with E-state index >= 15 is 0 Å². The molecule has 0 saturated heterocycles. The standard InChI is InChI=1S/C10H7ClN2O.C8H10ClNO2.C2H7N/c11-10-4-7(1-2-12-10)8-3-9(6-14)13-5-8;9-6-3-1-2-5(4-6)7(11)8(10)12;1-3-2/h1-6,13H;1-4,7-8,11-12H,10H2;3H,1-2H3. The number of carbonyl (C=O) groups excluding carboxylic acids is 1. The normalized spacial score (nSPS) is 12.0. The molecule has 0 amide bonds. The van der Waals surface area contributed by atoms with Crippen molar-refractivity contribution in [2.75, 3.05) is 14.1 Å². The van der Waals surface area contributed by atoms with Crippen molar-refractivity contribution in [1.82, 2.24) is 15.3 Å². The highest BCUT2D eigenvalue weighted by Gasteiger charge is 2.13. The summed E-state index contributed by atoms with van der Waals surface area (Å²) in [6.07, 6.45) is 1.81. The van der Waals surface area contributed by atoms with Crippen molar-refractivity contribution in [3.8, 4) is 11.1 Å².